The minimum absolute atomic E-state index is 0.144. The average Bonchev–Trinajstić information content (AvgIpc) is 2.79. The highest BCUT2D eigenvalue weighted by Gasteiger charge is 2.15. The highest BCUT2D eigenvalue weighted by molar-refractivity contribution is 5.56. The van der Waals surface area contributed by atoms with Crippen molar-refractivity contribution in [1.82, 2.24) is 0 Å². The molecule has 1 N–H and O–H groups in total. The Balaban J connectivity index is 1.91. The molecule has 4 nitrogen and oxygen atoms in total. The lowest BCUT2D eigenvalue weighted by molar-refractivity contribution is -0.0299. The molecule has 0 unspecified atom stereocenters. The molecule has 0 spiro atoms. The lowest BCUT2D eigenvalue weighted by atomic mass is 10.3. The number of ether oxygens (including phenoxy) is 3. The van der Waals surface area contributed by atoms with E-state index in [9.17, 15) is 0 Å². The third kappa shape index (κ3) is 2.61. The number of anilines is 1. The van der Waals surface area contributed by atoms with E-state index in [0.29, 0.717) is 19.8 Å². The zero-order chi connectivity index (χ0) is 10.5. The quantitative estimate of drug-likeness (QED) is 0.815. The molecule has 1 aliphatic heterocycles. The van der Waals surface area contributed by atoms with Crippen LogP contribution in [0.5, 0.6) is 5.75 Å². The summed E-state index contributed by atoms with van der Waals surface area (Å²) in [4.78, 5) is 0. The molecular formula is C11H15NO3. The number of para-hydroxylation sites is 2. The maximum atomic E-state index is 5.32. The Morgan fingerprint density at radius 2 is 2.07 bits per heavy atom. The number of benzene rings is 1. The normalized spacial score (nSPS) is 16.6. The molecule has 1 fully saturated rings. The molecule has 0 aromatic heterocycles. The molecule has 1 aromatic rings. The fourth-order valence-corrected chi connectivity index (χ4v) is 1.51. The molecule has 0 saturated carbocycles. The first-order chi connectivity index (χ1) is 7.40. The van der Waals surface area contributed by atoms with Crippen LogP contribution in [-0.4, -0.2) is 33.2 Å². The summed E-state index contributed by atoms with van der Waals surface area (Å²) in [5, 5.41) is 3.23. The van der Waals surface area contributed by atoms with E-state index < -0.39 is 0 Å². The van der Waals surface area contributed by atoms with Gasteiger partial charge in [-0.1, -0.05) is 12.1 Å². The van der Waals surface area contributed by atoms with Crippen LogP contribution in [0.1, 0.15) is 0 Å². The highest BCUT2D eigenvalue weighted by atomic mass is 16.7. The maximum Gasteiger partial charge on any atom is 0.174 e. The van der Waals surface area contributed by atoms with Crippen LogP contribution in [0.2, 0.25) is 0 Å². The standard InChI is InChI=1S/C11H15NO3/c1-13-10-5-3-2-4-9(10)12-8-11-14-6-7-15-11/h2-5,11-12H,6-8H2,1H3. The summed E-state index contributed by atoms with van der Waals surface area (Å²) in [5.41, 5.74) is 0.958. The summed E-state index contributed by atoms with van der Waals surface area (Å²) < 4.78 is 15.9. The number of hydrogen-bond acceptors (Lipinski definition) is 4. The molecule has 0 amide bonds. The monoisotopic (exact) mass is 209 g/mol. The number of nitrogens with one attached hydrogen (secondary N) is 1. The van der Waals surface area contributed by atoms with E-state index in [-0.39, 0.29) is 6.29 Å². The van der Waals surface area contributed by atoms with Crippen LogP contribution >= 0.6 is 0 Å². The van der Waals surface area contributed by atoms with E-state index in [2.05, 4.69) is 5.32 Å². The van der Waals surface area contributed by atoms with E-state index >= 15 is 0 Å². The van der Waals surface area contributed by atoms with Crippen molar-refractivity contribution in [2.45, 2.75) is 6.29 Å². The molecule has 82 valence electrons. The summed E-state index contributed by atoms with van der Waals surface area (Å²) in [6.45, 7) is 2.00. The number of hydrogen-bond donors (Lipinski definition) is 1. The zero-order valence-corrected chi connectivity index (χ0v) is 8.73. The Kier molecular flexibility index (Phi) is 3.42. The van der Waals surface area contributed by atoms with Crippen LogP contribution in [0.4, 0.5) is 5.69 Å². The molecule has 0 bridgehead atoms. The topological polar surface area (TPSA) is 39.7 Å². The molecule has 1 aliphatic rings. The number of methoxy groups -OCH3 is 1. The first kappa shape index (κ1) is 10.3. The van der Waals surface area contributed by atoms with Crippen LogP contribution in [0.25, 0.3) is 0 Å². The Morgan fingerprint density at radius 3 is 2.80 bits per heavy atom. The van der Waals surface area contributed by atoms with Gasteiger partial charge in [0.15, 0.2) is 6.29 Å². The lowest BCUT2D eigenvalue weighted by Gasteiger charge is -2.13. The fourth-order valence-electron chi connectivity index (χ4n) is 1.51. The van der Waals surface area contributed by atoms with Gasteiger partial charge < -0.3 is 19.5 Å². The van der Waals surface area contributed by atoms with E-state index in [0.717, 1.165) is 11.4 Å². The summed E-state index contributed by atoms with van der Waals surface area (Å²) in [6.07, 6.45) is -0.144. The molecule has 1 aromatic carbocycles. The van der Waals surface area contributed by atoms with Gasteiger partial charge in [-0.05, 0) is 12.1 Å². The molecule has 4 heteroatoms. The fraction of sp³-hybridized carbons (Fsp3) is 0.455. The molecule has 0 radical (unpaired) electrons. The van der Waals surface area contributed by atoms with Crippen molar-refractivity contribution >= 4 is 5.69 Å². The van der Waals surface area contributed by atoms with Crippen molar-refractivity contribution < 1.29 is 14.2 Å². The van der Waals surface area contributed by atoms with Crippen molar-refractivity contribution in [2.24, 2.45) is 0 Å². The third-order valence-corrected chi connectivity index (χ3v) is 2.26. The molecular weight excluding hydrogens is 194 g/mol. The summed E-state index contributed by atoms with van der Waals surface area (Å²) in [5.74, 6) is 0.829. The van der Waals surface area contributed by atoms with Gasteiger partial charge in [0, 0.05) is 0 Å². The molecule has 1 heterocycles. The van der Waals surface area contributed by atoms with Gasteiger partial charge in [0.25, 0.3) is 0 Å². The van der Waals surface area contributed by atoms with Gasteiger partial charge >= 0.3 is 0 Å². The van der Waals surface area contributed by atoms with Crippen molar-refractivity contribution in [2.75, 3.05) is 32.2 Å². The van der Waals surface area contributed by atoms with Crippen molar-refractivity contribution in [3.63, 3.8) is 0 Å². The summed E-state index contributed by atoms with van der Waals surface area (Å²) in [7, 11) is 1.66. The predicted molar refractivity (Wildman–Crippen MR) is 57.2 cm³/mol. The highest BCUT2D eigenvalue weighted by Crippen LogP contribution is 2.23. The maximum absolute atomic E-state index is 5.32. The Labute approximate surface area is 89.1 Å². The van der Waals surface area contributed by atoms with Gasteiger partial charge in [-0.25, -0.2) is 0 Å². The SMILES string of the molecule is COc1ccccc1NCC1OCCO1. The zero-order valence-electron chi connectivity index (χ0n) is 8.73. The molecule has 1 saturated heterocycles. The average molecular weight is 209 g/mol. The summed E-state index contributed by atoms with van der Waals surface area (Å²) >= 11 is 0. The van der Waals surface area contributed by atoms with Crippen LogP contribution < -0.4 is 10.1 Å². The van der Waals surface area contributed by atoms with Gasteiger partial charge in [0.05, 0.1) is 32.6 Å². The van der Waals surface area contributed by atoms with Crippen LogP contribution in [-0.2, 0) is 9.47 Å². The van der Waals surface area contributed by atoms with Gasteiger partial charge in [0.1, 0.15) is 5.75 Å². The van der Waals surface area contributed by atoms with Gasteiger partial charge in [-0.3, -0.25) is 0 Å². The second-order valence-electron chi connectivity index (χ2n) is 3.25. The van der Waals surface area contributed by atoms with Gasteiger partial charge in [0.2, 0.25) is 0 Å². The predicted octanol–water partition coefficient (Wildman–Crippen LogP) is 1.48. The largest absolute Gasteiger partial charge is 0.495 e. The molecule has 2 rings (SSSR count). The second kappa shape index (κ2) is 5.00. The van der Waals surface area contributed by atoms with Crippen molar-refractivity contribution in [3.8, 4) is 5.75 Å². The molecule has 0 aliphatic carbocycles. The van der Waals surface area contributed by atoms with Gasteiger partial charge in [-0.2, -0.15) is 0 Å². The smallest absolute Gasteiger partial charge is 0.174 e. The van der Waals surface area contributed by atoms with Crippen molar-refractivity contribution in [1.29, 1.82) is 0 Å². The summed E-state index contributed by atoms with van der Waals surface area (Å²) in [6, 6.07) is 7.78. The Morgan fingerprint density at radius 1 is 1.33 bits per heavy atom. The first-order valence-electron chi connectivity index (χ1n) is 5.00. The Bertz CT molecular complexity index is 310. The molecule has 0 atom stereocenters. The Hall–Kier alpha value is -1.26. The van der Waals surface area contributed by atoms with E-state index in [1.165, 1.54) is 0 Å². The third-order valence-electron chi connectivity index (χ3n) is 2.26. The first-order valence-corrected chi connectivity index (χ1v) is 5.00. The number of rotatable bonds is 4. The van der Waals surface area contributed by atoms with Crippen LogP contribution in [0.15, 0.2) is 24.3 Å². The van der Waals surface area contributed by atoms with E-state index in [1.807, 2.05) is 24.3 Å². The minimum atomic E-state index is -0.144. The lowest BCUT2D eigenvalue weighted by Crippen LogP contribution is -2.20. The van der Waals surface area contributed by atoms with Crippen molar-refractivity contribution in [3.05, 3.63) is 24.3 Å². The minimum Gasteiger partial charge on any atom is -0.495 e. The van der Waals surface area contributed by atoms with Crippen LogP contribution in [0, 0.1) is 0 Å². The molecule has 15 heavy (non-hydrogen) atoms. The second-order valence-corrected chi connectivity index (χ2v) is 3.25. The van der Waals surface area contributed by atoms with E-state index in [1.54, 1.807) is 7.11 Å². The van der Waals surface area contributed by atoms with Crippen LogP contribution in [0.3, 0.4) is 0 Å². The van der Waals surface area contributed by atoms with Gasteiger partial charge in [-0.15, -0.1) is 0 Å². The van der Waals surface area contributed by atoms with E-state index in [4.69, 9.17) is 14.2 Å².